The van der Waals surface area contributed by atoms with Gasteiger partial charge in [-0.2, -0.15) is 5.10 Å². The molecule has 1 aliphatic heterocycles. The highest BCUT2D eigenvalue weighted by Crippen LogP contribution is 2.36. The second kappa shape index (κ2) is 8.54. The lowest BCUT2D eigenvalue weighted by molar-refractivity contribution is -0.119. The minimum absolute atomic E-state index is 0.154. The van der Waals surface area contributed by atoms with Crippen LogP contribution in [-0.4, -0.2) is 65.9 Å². The van der Waals surface area contributed by atoms with Gasteiger partial charge in [-0.05, 0) is 46.5 Å². The molecule has 3 N–H and O–H groups in total. The van der Waals surface area contributed by atoms with Crippen molar-refractivity contribution in [1.29, 1.82) is 0 Å². The zero-order chi connectivity index (χ0) is 22.1. The quantitative estimate of drug-likeness (QED) is 0.638. The van der Waals surface area contributed by atoms with Gasteiger partial charge in [-0.15, -0.1) is 0 Å². The van der Waals surface area contributed by atoms with Crippen molar-refractivity contribution in [3.05, 3.63) is 11.8 Å². The van der Waals surface area contributed by atoms with Gasteiger partial charge >= 0.3 is 6.09 Å². The number of alkyl carbamates (subject to hydrolysis) is 1. The molecule has 1 aromatic heterocycles. The summed E-state index contributed by atoms with van der Waals surface area (Å²) in [7, 11) is -3.28. The molecule has 2 aliphatic rings. The Kier molecular flexibility index (Phi) is 6.42. The van der Waals surface area contributed by atoms with E-state index in [0.29, 0.717) is 25.2 Å². The number of aromatic amines is 1. The maximum atomic E-state index is 12.5. The highest BCUT2D eigenvalue weighted by Gasteiger charge is 2.34. The Balaban J connectivity index is 1.50. The molecule has 10 nitrogen and oxygen atoms in total. The van der Waals surface area contributed by atoms with Crippen LogP contribution >= 0.6 is 0 Å². The number of hydrogen-bond acceptors (Lipinski definition) is 6. The van der Waals surface area contributed by atoms with E-state index in [1.54, 1.807) is 6.07 Å². The van der Waals surface area contributed by atoms with E-state index in [4.69, 9.17) is 4.74 Å². The Morgan fingerprint density at radius 2 is 2.00 bits per heavy atom. The van der Waals surface area contributed by atoms with Crippen LogP contribution in [0.3, 0.4) is 0 Å². The summed E-state index contributed by atoms with van der Waals surface area (Å²) in [5, 5.41) is 12.7. The third-order valence-corrected chi connectivity index (χ3v) is 6.68. The summed E-state index contributed by atoms with van der Waals surface area (Å²) in [5.74, 6) is -0.0263. The number of nitrogens with zero attached hydrogens (tertiary/aromatic N) is 2. The summed E-state index contributed by atoms with van der Waals surface area (Å²) >= 11 is 0. The first-order chi connectivity index (χ1) is 13.9. The number of sulfonamides is 1. The van der Waals surface area contributed by atoms with Crippen molar-refractivity contribution in [2.75, 3.05) is 24.7 Å². The molecule has 2 heterocycles. The predicted octanol–water partition coefficient (Wildman–Crippen LogP) is 1.79. The number of ether oxygens (including phenoxy) is 1. The first kappa shape index (κ1) is 22.5. The van der Waals surface area contributed by atoms with E-state index in [0.717, 1.165) is 24.8 Å². The van der Waals surface area contributed by atoms with Crippen LogP contribution in [0.4, 0.5) is 10.6 Å². The number of carbonyl (C=O) groups is 2. The molecular formula is C19H31N5O5S. The lowest BCUT2D eigenvalue weighted by atomic mass is 10.0. The van der Waals surface area contributed by atoms with Gasteiger partial charge in [0.05, 0.1) is 12.2 Å². The fraction of sp³-hybridized carbons (Fsp3) is 0.737. The highest BCUT2D eigenvalue weighted by molar-refractivity contribution is 7.88. The van der Waals surface area contributed by atoms with Crippen molar-refractivity contribution in [2.24, 2.45) is 5.92 Å². The second-order valence-corrected chi connectivity index (χ2v) is 11.2. The molecule has 11 heteroatoms. The molecule has 1 saturated heterocycles. The van der Waals surface area contributed by atoms with Crippen molar-refractivity contribution >= 4 is 27.8 Å². The van der Waals surface area contributed by atoms with Crippen molar-refractivity contribution < 1.29 is 22.7 Å². The summed E-state index contributed by atoms with van der Waals surface area (Å²) in [6, 6.07) is 1.80. The molecule has 2 fully saturated rings. The molecule has 1 aliphatic carbocycles. The zero-order valence-electron chi connectivity index (χ0n) is 17.9. The topological polar surface area (TPSA) is 133 Å². The van der Waals surface area contributed by atoms with E-state index in [2.05, 4.69) is 20.8 Å². The van der Waals surface area contributed by atoms with Crippen LogP contribution in [0.15, 0.2) is 6.07 Å². The van der Waals surface area contributed by atoms with Crippen LogP contribution in [0.25, 0.3) is 0 Å². The maximum Gasteiger partial charge on any atom is 0.407 e. The molecule has 3 rings (SSSR count). The van der Waals surface area contributed by atoms with E-state index in [9.17, 15) is 18.0 Å². The number of carbonyl (C=O) groups excluding carboxylic acids is 2. The van der Waals surface area contributed by atoms with Gasteiger partial charge in [0.25, 0.3) is 0 Å². The second-order valence-electron chi connectivity index (χ2n) is 9.22. The largest absolute Gasteiger partial charge is 0.446 e. The molecule has 0 unspecified atom stereocenters. The molecule has 2 amide bonds. The first-order valence-electron chi connectivity index (χ1n) is 10.2. The van der Waals surface area contributed by atoms with Gasteiger partial charge in [-0.3, -0.25) is 9.89 Å². The first-order valence-corrected chi connectivity index (χ1v) is 12.1. The molecule has 0 aromatic carbocycles. The van der Waals surface area contributed by atoms with Crippen molar-refractivity contribution in [3.63, 3.8) is 0 Å². The van der Waals surface area contributed by atoms with Crippen LogP contribution in [0, 0.1) is 5.92 Å². The van der Waals surface area contributed by atoms with Crippen molar-refractivity contribution in [1.82, 2.24) is 19.8 Å². The van der Waals surface area contributed by atoms with E-state index in [1.807, 2.05) is 20.8 Å². The van der Waals surface area contributed by atoms with Gasteiger partial charge in [0.15, 0.2) is 5.82 Å². The Morgan fingerprint density at radius 3 is 2.63 bits per heavy atom. The fourth-order valence-electron chi connectivity index (χ4n) is 3.90. The smallest absolute Gasteiger partial charge is 0.407 e. The maximum absolute atomic E-state index is 12.5. The lowest BCUT2D eigenvalue weighted by Crippen LogP contribution is -2.42. The summed E-state index contributed by atoms with van der Waals surface area (Å²) in [4.78, 5) is 24.4. The summed E-state index contributed by atoms with van der Waals surface area (Å²) in [5.41, 5.74) is 0.542. The van der Waals surface area contributed by atoms with Crippen LogP contribution in [0.5, 0.6) is 0 Å². The average molecular weight is 442 g/mol. The molecule has 1 aromatic rings. The summed E-state index contributed by atoms with van der Waals surface area (Å²) in [6.07, 6.45) is 3.40. The van der Waals surface area contributed by atoms with Crippen LogP contribution in [-0.2, 0) is 19.6 Å². The Bertz CT molecular complexity index is 891. The molecular weight excluding hydrogens is 410 g/mol. The SMILES string of the molecule is CC(C)(C)NC(=O)O[C@@H]1CC[C@H](c2cc(NC(=O)[C@@H]3CCN(S(C)(=O)=O)C3)n[nH]2)C1. The normalized spacial score (nSPS) is 25.3. The minimum Gasteiger partial charge on any atom is -0.446 e. The van der Waals surface area contributed by atoms with Gasteiger partial charge in [0.2, 0.25) is 15.9 Å². The number of nitrogens with one attached hydrogen (secondary N) is 3. The van der Waals surface area contributed by atoms with Gasteiger partial charge < -0.3 is 15.4 Å². The molecule has 0 spiro atoms. The fourth-order valence-corrected chi connectivity index (χ4v) is 4.79. The third kappa shape index (κ3) is 5.94. The Morgan fingerprint density at radius 1 is 1.27 bits per heavy atom. The summed E-state index contributed by atoms with van der Waals surface area (Å²) < 4.78 is 30.1. The standard InChI is InChI=1S/C19H31N5O5S/c1-19(2,3)21-18(26)29-14-6-5-12(9-14)15-10-16(23-22-15)20-17(25)13-7-8-24(11-13)30(4,27)28/h10,12-14H,5-9,11H2,1-4H3,(H,21,26)(H2,20,22,23,25)/t12-,13+,14+/m0/s1. The van der Waals surface area contributed by atoms with Crippen LogP contribution in [0.1, 0.15) is 58.1 Å². The molecule has 0 radical (unpaired) electrons. The predicted molar refractivity (Wildman–Crippen MR) is 111 cm³/mol. The Hall–Kier alpha value is -2.14. The number of aromatic nitrogens is 2. The molecule has 1 saturated carbocycles. The number of anilines is 1. The number of amides is 2. The number of rotatable bonds is 5. The monoisotopic (exact) mass is 441 g/mol. The molecule has 168 valence electrons. The summed E-state index contributed by atoms with van der Waals surface area (Å²) in [6.45, 7) is 6.25. The minimum atomic E-state index is -3.28. The van der Waals surface area contributed by atoms with Crippen LogP contribution in [0.2, 0.25) is 0 Å². The number of H-pyrrole nitrogens is 1. The van der Waals surface area contributed by atoms with E-state index in [1.165, 1.54) is 4.31 Å². The van der Waals surface area contributed by atoms with Crippen molar-refractivity contribution in [2.45, 2.75) is 64.0 Å². The van der Waals surface area contributed by atoms with Crippen molar-refractivity contribution in [3.8, 4) is 0 Å². The Labute approximate surface area is 177 Å². The molecule has 30 heavy (non-hydrogen) atoms. The lowest BCUT2D eigenvalue weighted by Gasteiger charge is -2.22. The third-order valence-electron chi connectivity index (χ3n) is 5.41. The van der Waals surface area contributed by atoms with Gasteiger partial charge in [0, 0.05) is 36.3 Å². The average Bonchev–Trinajstić information content (AvgIpc) is 3.32. The van der Waals surface area contributed by atoms with Gasteiger partial charge in [0.1, 0.15) is 6.10 Å². The van der Waals surface area contributed by atoms with E-state index < -0.39 is 16.1 Å². The molecule has 3 atom stereocenters. The molecule has 0 bridgehead atoms. The number of hydrogen-bond donors (Lipinski definition) is 3. The van der Waals surface area contributed by atoms with Crippen LogP contribution < -0.4 is 10.6 Å². The highest BCUT2D eigenvalue weighted by atomic mass is 32.2. The zero-order valence-corrected chi connectivity index (χ0v) is 18.7. The van der Waals surface area contributed by atoms with E-state index >= 15 is 0 Å². The van der Waals surface area contributed by atoms with E-state index in [-0.39, 0.29) is 35.9 Å². The van der Waals surface area contributed by atoms with Gasteiger partial charge in [-0.1, -0.05) is 0 Å². The van der Waals surface area contributed by atoms with Gasteiger partial charge in [-0.25, -0.2) is 17.5 Å².